The van der Waals surface area contributed by atoms with Crippen LogP contribution in [0.15, 0.2) is 35.7 Å². The quantitative estimate of drug-likeness (QED) is 0.372. The Morgan fingerprint density at radius 2 is 1.93 bits per heavy atom. The molecule has 2 N–H and O–H groups in total. The van der Waals surface area contributed by atoms with Crippen LogP contribution < -0.4 is 0 Å². The number of aliphatic carboxylic acids is 1. The van der Waals surface area contributed by atoms with Gasteiger partial charge >= 0.3 is 5.97 Å². The maximum Gasteiger partial charge on any atom is 0.327 e. The second-order valence-electron chi connectivity index (χ2n) is 7.47. The summed E-state index contributed by atoms with van der Waals surface area (Å²) in [5.41, 5.74) is 0.923. The Balaban J connectivity index is 1.60. The van der Waals surface area contributed by atoms with Gasteiger partial charge in [0.05, 0.1) is 0 Å². The molecule has 29 heavy (non-hydrogen) atoms. The summed E-state index contributed by atoms with van der Waals surface area (Å²) in [6, 6.07) is 8.31. The Labute approximate surface area is 183 Å². The van der Waals surface area contributed by atoms with Crippen molar-refractivity contribution in [2.45, 2.75) is 40.4 Å². The van der Waals surface area contributed by atoms with E-state index in [1.54, 1.807) is 19.2 Å². The lowest BCUT2D eigenvalue weighted by atomic mass is 9.85. The molecule has 4 atom stereocenters. The minimum atomic E-state index is -1.68. The summed E-state index contributed by atoms with van der Waals surface area (Å²) in [4.78, 5) is 43.0. The SMILES string of the molecule is CC1(C)S[C@H]2N(C(=O)C2(Br)C(O)C(=O)c2csc(-c3ccccc3)n2)[C@H]1C(=O)O. The summed E-state index contributed by atoms with van der Waals surface area (Å²) >= 11 is 5.81. The van der Waals surface area contributed by atoms with E-state index in [9.17, 15) is 24.6 Å². The number of Topliss-reactive ketones (excluding diaryl/α,β-unsaturated/α-hetero) is 1. The minimum Gasteiger partial charge on any atom is -0.480 e. The number of aliphatic hydroxyl groups is 1. The zero-order valence-electron chi connectivity index (χ0n) is 15.4. The number of β-lactam (4-membered cyclic amide) rings is 1. The van der Waals surface area contributed by atoms with Gasteiger partial charge in [0, 0.05) is 15.7 Å². The van der Waals surface area contributed by atoms with Gasteiger partial charge in [-0.25, -0.2) is 9.78 Å². The van der Waals surface area contributed by atoms with Crippen LogP contribution in [-0.2, 0) is 9.59 Å². The number of fused-ring (bicyclic) bond motifs is 1. The molecule has 152 valence electrons. The zero-order chi connectivity index (χ0) is 21.1. The van der Waals surface area contributed by atoms with Gasteiger partial charge in [-0.2, -0.15) is 0 Å². The van der Waals surface area contributed by atoms with Crippen molar-refractivity contribution in [3.8, 4) is 10.6 Å². The molecule has 1 aromatic carbocycles. The zero-order valence-corrected chi connectivity index (χ0v) is 18.6. The fourth-order valence-electron chi connectivity index (χ4n) is 3.73. The fraction of sp³-hybridized carbons (Fsp3) is 0.368. The number of ketones is 1. The van der Waals surface area contributed by atoms with Crippen molar-refractivity contribution in [1.29, 1.82) is 0 Å². The average molecular weight is 497 g/mol. The van der Waals surface area contributed by atoms with Crippen LogP contribution in [0.5, 0.6) is 0 Å². The number of aromatic nitrogens is 1. The molecule has 2 aliphatic heterocycles. The molecule has 0 saturated carbocycles. The highest BCUT2D eigenvalue weighted by Crippen LogP contribution is 2.59. The minimum absolute atomic E-state index is 0.0727. The first-order valence-corrected chi connectivity index (χ1v) is 11.3. The normalized spacial score (nSPS) is 28.6. The number of alkyl halides is 1. The number of carboxylic acids is 1. The molecule has 2 aromatic rings. The Hall–Kier alpha value is -1.75. The van der Waals surface area contributed by atoms with Gasteiger partial charge in [0.1, 0.15) is 28.2 Å². The van der Waals surface area contributed by atoms with Crippen LogP contribution in [0, 0.1) is 0 Å². The largest absolute Gasteiger partial charge is 0.480 e. The number of nitrogens with zero attached hydrogens (tertiary/aromatic N) is 2. The summed E-state index contributed by atoms with van der Waals surface area (Å²) in [5, 5.41) is 21.9. The van der Waals surface area contributed by atoms with Crippen molar-refractivity contribution in [2.75, 3.05) is 0 Å². The topological polar surface area (TPSA) is 108 Å². The van der Waals surface area contributed by atoms with Crippen LogP contribution >= 0.6 is 39.0 Å². The molecule has 2 aliphatic rings. The van der Waals surface area contributed by atoms with Crippen LogP contribution in [0.25, 0.3) is 10.6 Å². The number of carboxylic acid groups (broad SMARTS) is 1. The maximum atomic E-state index is 12.9. The molecule has 0 bridgehead atoms. The third kappa shape index (κ3) is 2.96. The molecule has 0 aliphatic carbocycles. The molecule has 0 spiro atoms. The first-order chi connectivity index (χ1) is 13.6. The second-order valence-corrected chi connectivity index (χ2v) is 11.4. The number of amides is 1. The maximum absolute atomic E-state index is 12.9. The number of carbonyl (C=O) groups is 3. The first kappa shape index (κ1) is 20.5. The molecule has 2 fully saturated rings. The fourth-order valence-corrected chi connectivity index (χ4v) is 7.11. The van der Waals surface area contributed by atoms with E-state index in [1.807, 2.05) is 30.3 Å². The molecule has 4 rings (SSSR count). The predicted octanol–water partition coefficient (Wildman–Crippen LogP) is 2.63. The molecular weight excluding hydrogens is 480 g/mol. The Kier molecular flexibility index (Phi) is 4.88. The van der Waals surface area contributed by atoms with Crippen molar-refractivity contribution in [2.24, 2.45) is 0 Å². The number of hydrogen-bond acceptors (Lipinski definition) is 7. The molecule has 7 nitrogen and oxygen atoms in total. The number of thiazole rings is 1. The molecule has 2 unspecified atom stereocenters. The van der Waals surface area contributed by atoms with Crippen LogP contribution in [0.1, 0.15) is 24.3 Å². The van der Waals surface area contributed by atoms with E-state index < -0.39 is 44.3 Å². The summed E-state index contributed by atoms with van der Waals surface area (Å²) in [7, 11) is 0. The molecular formula is C19H17BrN2O5S2. The van der Waals surface area contributed by atoms with E-state index in [4.69, 9.17) is 0 Å². The summed E-state index contributed by atoms with van der Waals surface area (Å²) < 4.78 is -2.34. The number of carbonyl (C=O) groups excluding carboxylic acids is 2. The molecule has 1 amide bonds. The van der Waals surface area contributed by atoms with Crippen LogP contribution in [0.3, 0.4) is 0 Å². The van der Waals surface area contributed by atoms with Gasteiger partial charge in [-0.15, -0.1) is 23.1 Å². The van der Waals surface area contributed by atoms with E-state index >= 15 is 0 Å². The van der Waals surface area contributed by atoms with Crippen LogP contribution in [0.2, 0.25) is 0 Å². The van der Waals surface area contributed by atoms with Crippen LogP contribution in [-0.4, -0.2) is 64.3 Å². The molecule has 2 saturated heterocycles. The van der Waals surface area contributed by atoms with Crippen molar-refractivity contribution in [3.05, 3.63) is 41.4 Å². The first-order valence-electron chi connectivity index (χ1n) is 8.74. The average Bonchev–Trinajstić information content (AvgIpc) is 3.28. The molecule has 10 heteroatoms. The highest BCUT2D eigenvalue weighted by Gasteiger charge is 2.73. The van der Waals surface area contributed by atoms with Crippen molar-refractivity contribution < 1.29 is 24.6 Å². The third-order valence-corrected chi connectivity index (χ3v) is 9.24. The predicted molar refractivity (Wildman–Crippen MR) is 113 cm³/mol. The summed E-state index contributed by atoms with van der Waals surface area (Å²) in [6.07, 6.45) is -1.68. The lowest BCUT2D eigenvalue weighted by Crippen LogP contribution is -2.75. The number of hydrogen-bond donors (Lipinski definition) is 2. The molecule has 3 heterocycles. The Morgan fingerprint density at radius 3 is 2.55 bits per heavy atom. The van der Waals surface area contributed by atoms with Gasteiger partial charge < -0.3 is 15.1 Å². The van der Waals surface area contributed by atoms with Crippen molar-refractivity contribution >= 4 is 56.7 Å². The van der Waals surface area contributed by atoms with Gasteiger partial charge in [-0.3, -0.25) is 9.59 Å². The lowest BCUT2D eigenvalue weighted by molar-refractivity contribution is -0.163. The van der Waals surface area contributed by atoms with E-state index in [0.29, 0.717) is 5.01 Å². The van der Waals surface area contributed by atoms with E-state index in [-0.39, 0.29) is 5.69 Å². The second kappa shape index (κ2) is 6.90. The van der Waals surface area contributed by atoms with Gasteiger partial charge in [0.2, 0.25) is 11.7 Å². The molecule has 1 aromatic heterocycles. The monoisotopic (exact) mass is 496 g/mol. The highest BCUT2D eigenvalue weighted by molar-refractivity contribution is 9.10. The van der Waals surface area contributed by atoms with Crippen molar-refractivity contribution in [3.63, 3.8) is 0 Å². The number of thioether (sulfide) groups is 1. The van der Waals surface area contributed by atoms with E-state index in [2.05, 4.69) is 20.9 Å². The number of halogens is 1. The van der Waals surface area contributed by atoms with Crippen LogP contribution in [0.4, 0.5) is 0 Å². The lowest BCUT2D eigenvalue weighted by Gasteiger charge is -2.51. The highest BCUT2D eigenvalue weighted by atomic mass is 79.9. The van der Waals surface area contributed by atoms with Gasteiger partial charge in [-0.05, 0) is 13.8 Å². The van der Waals surface area contributed by atoms with Crippen molar-refractivity contribution in [1.82, 2.24) is 9.88 Å². The third-order valence-electron chi connectivity index (χ3n) is 5.18. The molecule has 0 radical (unpaired) electrons. The standard InChI is InChI=1S/C19H17BrN2O5S2/c1-18(2)12(15(25)26)22-16(27)19(20,17(22)29-18)13(24)11(23)10-8-28-14(21-10)9-6-4-3-5-7-9/h3-8,12-13,17,24H,1-2H3,(H,25,26)/t12-,13?,17+,19?/m0/s1. The van der Waals surface area contributed by atoms with E-state index in [1.165, 1.54) is 28.0 Å². The smallest absolute Gasteiger partial charge is 0.327 e. The number of rotatable bonds is 5. The van der Waals surface area contributed by atoms with Gasteiger partial charge in [0.25, 0.3) is 0 Å². The van der Waals surface area contributed by atoms with E-state index in [0.717, 1.165) is 5.56 Å². The summed E-state index contributed by atoms with van der Waals surface area (Å²) in [5.74, 6) is -2.39. The number of benzene rings is 1. The summed E-state index contributed by atoms with van der Waals surface area (Å²) in [6.45, 7) is 3.46. The Morgan fingerprint density at radius 1 is 1.28 bits per heavy atom. The Bertz CT molecular complexity index is 1010. The van der Waals surface area contributed by atoms with Gasteiger partial charge in [-0.1, -0.05) is 46.3 Å². The number of aliphatic hydroxyl groups excluding tert-OH is 1. The van der Waals surface area contributed by atoms with Gasteiger partial charge in [0.15, 0.2) is 4.32 Å².